The van der Waals surface area contributed by atoms with Crippen molar-refractivity contribution in [2.24, 2.45) is 0 Å². The summed E-state index contributed by atoms with van der Waals surface area (Å²) in [4.78, 5) is 6.31. The zero-order chi connectivity index (χ0) is 9.97. The van der Waals surface area contributed by atoms with Gasteiger partial charge in [-0.3, -0.25) is 0 Å². The summed E-state index contributed by atoms with van der Waals surface area (Å²) in [7, 11) is 0. The van der Waals surface area contributed by atoms with Gasteiger partial charge >= 0.3 is 0 Å². The third-order valence-electron chi connectivity index (χ3n) is 2.49. The molecule has 0 aliphatic carbocycles. The van der Waals surface area contributed by atoms with Gasteiger partial charge in [0.15, 0.2) is 5.15 Å². The molecule has 0 N–H and O–H groups in total. The predicted octanol–water partition coefficient (Wildman–Crippen LogP) is 3.38. The standard InChI is InChI=1S/C10H12Cl2N2/c11-9-5-4-8(10(12)13-9)14-6-2-1-3-7-14/h4-5H,1-3,6-7H2. The second-order valence-corrected chi connectivity index (χ2v) is 4.24. The first-order valence-electron chi connectivity index (χ1n) is 4.84. The SMILES string of the molecule is Clc1ccc(N2CCCCC2)c(Cl)n1. The summed E-state index contributed by atoms with van der Waals surface area (Å²) >= 11 is 11.8. The van der Waals surface area contributed by atoms with Crippen molar-refractivity contribution in [1.29, 1.82) is 0 Å². The highest BCUT2D eigenvalue weighted by atomic mass is 35.5. The maximum Gasteiger partial charge on any atom is 0.154 e. The molecule has 0 bridgehead atoms. The van der Waals surface area contributed by atoms with Gasteiger partial charge in [0.2, 0.25) is 0 Å². The summed E-state index contributed by atoms with van der Waals surface area (Å²) in [6.07, 6.45) is 3.78. The first-order valence-corrected chi connectivity index (χ1v) is 5.60. The van der Waals surface area contributed by atoms with Crippen LogP contribution < -0.4 is 4.90 Å². The summed E-state index contributed by atoms with van der Waals surface area (Å²) in [6.45, 7) is 2.14. The molecule has 0 atom stereocenters. The van der Waals surface area contributed by atoms with E-state index in [4.69, 9.17) is 23.2 Å². The maximum absolute atomic E-state index is 6.03. The molecule has 0 spiro atoms. The minimum atomic E-state index is 0.454. The van der Waals surface area contributed by atoms with Gasteiger partial charge < -0.3 is 4.90 Å². The largest absolute Gasteiger partial charge is 0.369 e. The molecule has 0 radical (unpaired) electrons. The molecule has 0 amide bonds. The van der Waals surface area contributed by atoms with Crippen molar-refractivity contribution in [1.82, 2.24) is 4.98 Å². The van der Waals surface area contributed by atoms with Crippen LogP contribution in [0.5, 0.6) is 0 Å². The molecule has 1 saturated heterocycles. The lowest BCUT2D eigenvalue weighted by Crippen LogP contribution is -2.29. The lowest BCUT2D eigenvalue weighted by molar-refractivity contribution is 0.577. The van der Waals surface area contributed by atoms with Gasteiger partial charge in [0.1, 0.15) is 5.15 Å². The molecule has 2 rings (SSSR count). The molecular weight excluding hydrogens is 219 g/mol. The average molecular weight is 231 g/mol. The van der Waals surface area contributed by atoms with Gasteiger partial charge in [-0.05, 0) is 31.4 Å². The van der Waals surface area contributed by atoms with Crippen LogP contribution in [0.4, 0.5) is 5.69 Å². The number of nitrogens with zero attached hydrogens (tertiary/aromatic N) is 2. The molecule has 1 aromatic heterocycles. The van der Waals surface area contributed by atoms with Crippen molar-refractivity contribution in [2.45, 2.75) is 19.3 Å². The zero-order valence-electron chi connectivity index (χ0n) is 7.84. The first kappa shape index (κ1) is 10.1. The third-order valence-corrected chi connectivity index (χ3v) is 2.98. The zero-order valence-corrected chi connectivity index (χ0v) is 9.35. The van der Waals surface area contributed by atoms with E-state index in [1.165, 1.54) is 19.3 Å². The molecule has 0 aromatic carbocycles. The Kier molecular flexibility index (Phi) is 3.14. The lowest BCUT2D eigenvalue weighted by atomic mass is 10.1. The Labute approximate surface area is 93.8 Å². The highest BCUT2D eigenvalue weighted by molar-refractivity contribution is 6.34. The van der Waals surface area contributed by atoms with Crippen molar-refractivity contribution < 1.29 is 0 Å². The topological polar surface area (TPSA) is 16.1 Å². The molecule has 1 aromatic rings. The molecule has 76 valence electrons. The fraction of sp³-hybridized carbons (Fsp3) is 0.500. The molecular formula is C10H12Cl2N2. The van der Waals surface area contributed by atoms with E-state index < -0.39 is 0 Å². The molecule has 1 aliphatic heterocycles. The van der Waals surface area contributed by atoms with Crippen LogP contribution in [0.25, 0.3) is 0 Å². The fourth-order valence-corrected chi connectivity index (χ4v) is 2.24. The van der Waals surface area contributed by atoms with Crippen LogP contribution in [-0.4, -0.2) is 18.1 Å². The molecule has 1 fully saturated rings. The van der Waals surface area contributed by atoms with Gasteiger partial charge in [0, 0.05) is 13.1 Å². The monoisotopic (exact) mass is 230 g/mol. The minimum Gasteiger partial charge on any atom is -0.369 e. The number of rotatable bonds is 1. The van der Waals surface area contributed by atoms with E-state index in [2.05, 4.69) is 9.88 Å². The Morgan fingerprint density at radius 2 is 1.79 bits per heavy atom. The highest BCUT2D eigenvalue weighted by Gasteiger charge is 2.14. The fourth-order valence-electron chi connectivity index (χ4n) is 1.78. The van der Waals surface area contributed by atoms with Crippen LogP contribution in [0.15, 0.2) is 12.1 Å². The van der Waals surface area contributed by atoms with E-state index in [1.54, 1.807) is 6.07 Å². The summed E-state index contributed by atoms with van der Waals surface area (Å²) < 4.78 is 0. The van der Waals surface area contributed by atoms with Crippen molar-refractivity contribution in [3.63, 3.8) is 0 Å². The van der Waals surface area contributed by atoms with Crippen molar-refractivity contribution in [2.75, 3.05) is 18.0 Å². The molecule has 4 heteroatoms. The third kappa shape index (κ3) is 2.12. The van der Waals surface area contributed by atoms with Gasteiger partial charge in [-0.25, -0.2) is 4.98 Å². The van der Waals surface area contributed by atoms with E-state index in [-0.39, 0.29) is 0 Å². The van der Waals surface area contributed by atoms with Gasteiger partial charge in [-0.15, -0.1) is 0 Å². The number of piperidine rings is 1. The molecule has 0 unspecified atom stereocenters. The Morgan fingerprint density at radius 3 is 2.43 bits per heavy atom. The van der Waals surface area contributed by atoms with Crippen LogP contribution >= 0.6 is 23.2 Å². The second-order valence-electron chi connectivity index (χ2n) is 3.49. The molecule has 2 nitrogen and oxygen atoms in total. The Balaban J connectivity index is 2.22. The van der Waals surface area contributed by atoms with Crippen LogP contribution in [0.3, 0.4) is 0 Å². The molecule has 14 heavy (non-hydrogen) atoms. The van der Waals surface area contributed by atoms with Gasteiger partial charge in [-0.2, -0.15) is 0 Å². The Bertz CT molecular complexity index is 322. The summed E-state index contributed by atoms with van der Waals surface area (Å²) in [6, 6.07) is 3.74. The van der Waals surface area contributed by atoms with Gasteiger partial charge in [0.05, 0.1) is 5.69 Å². The number of aromatic nitrogens is 1. The van der Waals surface area contributed by atoms with Crippen LogP contribution in [0, 0.1) is 0 Å². The van der Waals surface area contributed by atoms with Gasteiger partial charge in [0.25, 0.3) is 0 Å². The smallest absolute Gasteiger partial charge is 0.154 e. The molecule has 2 heterocycles. The summed E-state index contributed by atoms with van der Waals surface area (Å²) in [5.74, 6) is 0. The second kappa shape index (κ2) is 4.37. The van der Waals surface area contributed by atoms with Gasteiger partial charge in [-0.1, -0.05) is 23.2 Å². The quantitative estimate of drug-likeness (QED) is 0.689. The minimum absolute atomic E-state index is 0.454. The van der Waals surface area contributed by atoms with Crippen LogP contribution in [-0.2, 0) is 0 Å². The first-order chi connectivity index (χ1) is 6.77. The molecule has 1 aliphatic rings. The summed E-state index contributed by atoms with van der Waals surface area (Å²) in [5.41, 5.74) is 1.01. The van der Waals surface area contributed by atoms with Crippen LogP contribution in [0.1, 0.15) is 19.3 Å². The van der Waals surface area contributed by atoms with Crippen molar-refractivity contribution in [3.05, 3.63) is 22.4 Å². The average Bonchev–Trinajstić information content (AvgIpc) is 2.19. The lowest BCUT2D eigenvalue weighted by Gasteiger charge is -2.29. The number of hydrogen-bond donors (Lipinski definition) is 0. The van der Waals surface area contributed by atoms with E-state index in [0.717, 1.165) is 18.8 Å². The normalized spacial score (nSPS) is 17.1. The van der Waals surface area contributed by atoms with E-state index >= 15 is 0 Å². The number of pyridine rings is 1. The van der Waals surface area contributed by atoms with E-state index in [0.29, 0.717) is 10.3 Å². The van der Waals surface area contributed by atoms with Crippen molar-refractivity contribution >= 4 is 28.9 Å². The van der Waals surface area contributed by atoms with E-state index in [1.807, 2.05) is 6.07 Å². The Hall–Kier alpha value is -0.470. The maximum atomic E-state index is 6.03. The number of anilines is 1. The summed E-state index contributed by atoms with van der Waals surface area (Å²) in [5, 5.41) is 0.968. The number of halogens is 2. The number of hydrogen-bond acceptors (Lipinski definition) is 2. The van der Waals surface area contributed by atoms with Crippen LogP contribution in [0.2, 0.25) is 10.3 Å². The van der Waals surface area contributed by atoms with E-state index in [9.17, 15) is 0 Å². The molecule has 0 saturated carbocycles. The van der Waals surface area contributed by atoms with Crippen molar-refractivity contribution in [3.8, 4) is 0 Å². The predicted molar refractivity (Wildman–Crippen MR) is 60.3 cm³/mol. The highest BCUT2D eigenvalue weighted by Crippen LogP contribution is 2.27. The Morgan fingerprint density at radius 1 is 1.07 bits per heavy atom.